The van der Waals surface area contributed by atoms with E-state index in [2.05, 4.69) is 29.2 Å². The minimum absolute atomic E-state index is 0.125. The van der Waals surface area contributed by atoms with Gasteiger partial charge in [0.05, 0.1) is 24.7 Å². The number of methoxy groups -OCH3 is 1. The fraction of sp³-hybridized carbons (Fsp3) is 0.406. The lowest BCUT2D eigenvalue weighted by Gasteiger charge is -2.42. The summed E-state index contributed by atoms with van der Waals surface area (Å²) < 4.78 is 40.0. The topological polar surface area (TPSA) is 76.2 Å². The molecule has 1 saturated carbocycles. The van der Waals surface area contributed by atoms with Crippen molar-refractivity contribution in [2.45, 2.75) is 49.1 Å². The maximum Gasteiger partial charge on any atom is 0.325 e. The first-order valence-corrected chi connectivity index (χ1v) is 15.6. The van der Waals surface area contributed by atoms with E-state index in [0.717, 1.165) is 11.1 Å². The molecule has 0 spiro atoms. The summed E-state index contributed by atoms with van der Waals surface area (Å²) in [5.41, 5.74) is 2.16. The molecular formula is C32H38N2O5S. The van der Waals surface area contributed by atoms with Gasteiger partial charge in [-0.1, -0.05) is 79.9 Å². The average Bonchev–Trinajstić information content (AvgIpc) is 3.01. The van der Waals surface area contributed by atoms with Crippen molar-refractivity contribution in [1.29, 1.82) is 0 Å². The van der Waals surface area contributed by atoms with Crippen LogP contribution in [0.3, 0.4) is 0 Å². The normalized spacial score (nSPS) is 19.4. The Kier molecular flexibility index (Phi) is 9.19. The highest BCUT2D eigenvalue weighted by Gasteiger charge is 2.42. The summed E-state index contributed by atoms with van der Waals surface area (Å²) in [4.78, 5) is 15.3. The van der Waals surface area contributed by atoms with Crippen LogP contribution in [0.1, 0.15) is 49.3 Å². The van der Waals surface area contributed by atoms with Gasteiger partial charge in [-0.05, 0) is 54.2 Å². The van der Waals surface area contributed by atoms with Crippen molar-refractivity contribution in [2.24, 2.45) is 5.92 Å². The molecule has 0 amide bonds. The molecule has 212 valence electrons. The fourth-order valence-electron chi connectivity index (χ4n) is 5.93. The van der Waals surface area contributed by atoms with Gasteiger partial charge in [-0.15, -0.1) is 0 Å². The lowest BCUT2D eigenvalue weighted by molar-refractivity contribution is -0.147. The van der Waals surface area contributed by atoms with E-state index in [1.807, 2.05) is 36.4 Å². The zero-order valence-electron chi connectivity index (χ0n) is 23.0. The fourth-order valence-corrected chi connectivity index (χ4v) is 7.49. The van der Waals surface area contributed by atoms with Gasteiger partial charge < -0.3 is 9.47 Å². The summed E-state index contributed by atoms with van der Waals surface area (Å²) in [6, 6.07) is 25.6. The third-order valence-corrected chi connectivity index (χ3v) is 9.99. The molecule has 2 fully saturated rings. The SMILES string of the molecule is COC(=O)[C@H]1CN(C(c2ccccc2)c2ccccc2)CCN1S(=O)(=O)c1ccc(OCC2CCCCC2)cc1. The van der Waals surface area contributed by atoms with Gasteiger partial charge in [0, 0.05) is 19.6 Å². The number of ether oxygens (including phenoxy) is 2. The highest BCUT2D eigenvalue weighted by Crippen LogP contribution is 2.33. The first kappa shape index (κ1) is 28.3. The highest BCUT2D eigenvalue weighted by molar-refractivity contribution is 7.89. The molecule has 1 heterocycles. The van der Waals surface area contributed by atoms with Crippen molar-refractivity contribution in [2.75, 3.05) is 33.4 Å². The number of rotatable bonds is 9. The van der Waals surface area contributed by atoms with Crippen LogP contribution in [0.4, 0.5) is 0 Å². The maximum absolute atomic E-state index is 13.8. The summed E-state index contributed by atoms with van der Waals surface area (Å²) in [6.45, 7) is 1.49. The van der Waals surface area contributed by atoms with Crippen LogP contribution in [0.5, 0.6) is 5.75 Å². The van der Waals surface area contributed by atoms with E-state index in [0.29, 0.717) is 24.8 Å². The van der Waals surface area contributed by atoms with Gasteiger partial charge in [0.1, 0.15) is 11.8 Å². The predicted octanol–water partition coefficient (Wildman–Crippen LogP) is 5.28. The number of hydrogen-bond acceptors (Lipinski definition) is 6. The van der Waals surface area contributed by atoms with Crippen molar-refractivity contribution in [3.05, 3.63) is 96.1 Å². The largest absolute Gasteiger partial charge is 0.493 e. The van der Waals surface area contributed by atoms with Crippen molar-refractivity contribution in [3.63, 3.8) is 0 Å². The Morgan fingerprint density at radius 3 is 2.02 bits per heavy atom. The Labute approximate surface area is 237 Å². The summed E-state index contributed by atoms with van der Waals surface area (Å²) in [6.07, 6.45) is 6.16. The second-order valence-corrected chi connectivity index (χ2v) is 12.6. The number of piperazine rings is 1. The molecule has 1 saturated heterocycles. The second-order valence-electron chi connectivity index (χ2n) is 10.7. The molecule has 1 aliphatic heterocycles. The van der Waals surface area contributed by atoms with E-state index in [1.165, 1.54) is 43.5 Å². The first-order valence-electron chi connectivity index (χ1n) is 14.1. The predicted molar refractivity (Wildman–Crippen MR) is 155 cm³/mol. The Balaban J connectivity index is 1.35. The van der Waals surface area contributed by atoms with Crippen LogP contribution in [-0.2, 0) is 19.6 Å². The van der Waals surface area contributed by atoms with Crippen molar-refractivity contribution in [1.82, 2.24) is 9.21 Å². The van der Waals surface area contributed by atoms with Gasteiger partial charge in [-0.3, -0.25) is 9.69 Å². The molecule has 7 nitrogen and oxygen atoms in total. The number of nitrogens with zero attached hydrogens (tertiary/aromatic N) is 2. The van der Waals surface area contributed by atoms with E-state index in [9.17, 15) is 13.2 Å². The van der Waals surface area contributed by atoms with Gasteiger partial charge in [0.2, 0.25) is 10.0 Å². The molecule has 0 radical (unpaired) electrons. The number of esters is 1. The molecule has 40 heavy (non-hydrogen) atoms. The molecule has 1 aliphatic carbocycles. The van der Waals surface area contributed by atoms with Gasteiger partial charge in [0.25, 0.3) is 0 Å². The van der Waals surface area contributed by atoms with Gasteiger partial charge in [-0.2, -0.15) is 4.31 Å². The summed E-state index contributed by atoms with van der Waals surface area (Å²) in [5, 5.41) is 0. The molecule has 0 N–H and O–H groups in total. The molecule has 3 aromatic carbocycles. The van der Waals surface area contributed by atoms with Crippen LogP contribution in [0, 0.1) is 5.92 Å². The molecule has 5 rings (SSSR count). The van der Waals surface area contributed by atoms with Crippen LogP contribution < -0.4 is 4.74 Å². The van der Waals surface area contributed by atoms with Gasteiger partial charge in [-0.25, -0.2) is 8.42 Å². The smallest absolute Gasteiger partial charge is 0.325 e. The molecule has 0 aromatic heterocycles. The van der Waals surface area contributed by atoms with Crippen LogP contribution in [0.2, 0.25) is 0 Å². The molecule has 1 atom stereocenters. The summed E-state index contributed by atoms with van der Waals surface area (Å²) in [5.74, 6) is 0.651. The molecule has 0 bridgehead atoms. The van der Waals surface area contributed by atoms with Gasteiger partial charge >= 0.3 is 5.97 Å². The van der Waals surface area contributed by atoms with Crippen molar-refractivity contribution in [3.8, 4) is 5.75 Å². The highest BCUT2D eigenvalue weighted by atomic mass is 32.2. The number of carbonyl (C=O) groups is 1. The Morgan fingerprint density at radius 1 is 0.850 bits per heavy atom. The van der Waals surface area contributed by atoms with E-state index >= 15 is 0 Å². The molecule has 0 unspecified atom stereocenters. The minimum Gasteiger partial charge on any atom is -0.493 e. The summed E-state index contributed by atoms with van der Waals surface area (Å²) >= 11 is 0. The zero-order valence-corrected chi connectivity index (χ0v) is 23.8. The van der Waals surface area contributed by atoms with Crippen molar-refractivity contribution >= 4 is 16.0 Å². The molecule has 2 aliphatic rings. The van der Waals surface area contributed by atoms with Crippen LogP contribution in [0.25, 0.3) is 0 Å². The Bertz CT molecular complexity index is 1300. The lowest BCUT2D eigenvalue weighted by atomic mass is 9.90. The monoisotopic (exact) mass is 562 g/mol. The molecular weight excluding hydrogens is 524 g/mol. The van der Waals surface area contributed by atoms with Gasteiger partial charge in [0.15, 0.2) is 0 Å². The number of benzene rings is 3. The Hall–Kier alpha value is -3.20. The minimum atomic E-state index is -3.95. The average molecular weight is 563 g/mol. The standard InChI is InChI=1S/C32H38N2O5S/c1-38-32(35)30-23-33(31(26-13-7-3-8-14-26)27-15-9-4-10-16-27)21-22-34(30)40(36,37)29-19-17-28(18-20-29)39-24-25-11-5-2-6-12-25/h3-4,7-10,13-20,25,30-31H,2,5-6,11-12,21-24H2,1H3/t30-/m1/s1. The maximum atomic E-state index is 13.8. The van der Waals surface area contributed by atoms with E-state index < -0.39 is 22.0 Å². The third-order valence-electron chi connectivity index (χ3n) is 8.07. The second kappa shape index (κ2) is 13.0. The quantitative estimate of drug-likeness (QED) is 0.330. The zero-order chi connectivity index (χ0) is 28.0. The van der Waals surface area contributed by atoms with Crippen LogP contribution in [0.15, 0.2) is 89.8 Å². The first-order chi connectivity index (χ1) is 19.5. The molecule has 8 heteroatoms. The van der Waals surface area contributed by atoms with Crippen molar-refractivity contribution < 1.29 is 22.7 Å². The number of hydrogen-bond donors (Lipinski definition) is 0. The summed E-state index contributed by atoms with van der Waals surface area (Å²) in [7, 11) is -2.64. The number of sulfonamides is 1. The number of carbonyl (C=O) groups excluding carboxylic acids is 1. The van der Waals surface area contributed by atoms with E-state index in [1.54, 1.807) is 24.3 Å². The third kappa shape index (κ3) is 6.40. The van der Waals surface area contributed by atoms with Crippen LogP contribution in [-0.4, -0.2) is 63.0 Å². The van der Waals surface area contributed by atoms with E-state index in [4.69, 9.17) is 9.47 Å². The Morgan fingerprint density at radius 2 is 1.45 bits per heavy atom. The lowest BCUT2D eigenvalue weighted by Crippen LogP contribution is -2.59. The van der Waals surface area contributed by atoms with E-state index in [-0.39, 0.29) is 24.0 Å². The van der Waals surface area contributed by atoms with Crippen LogP contribution >= 0.6 is 0 Å². The molecule has 3 aromatic rings.